The number of aryl methyl sites for hydroxylation is 3. The average molecular weight is 203 g/mol. The van der Waals surface area contributed by atoms with Gasteiger partial charge in [0.2, 0.25) is 0 Å². The predicted octanol–water partition coefficient (Wildman–Crippen LogP) is 2.91. The van der Waals surface area contributed by atoms with Crippen LogP contribution in [0.2, 0.25) is 0 Å². The Morgan fingerprint density at radius 3 is 2.40 bits per heavy atom. The molecule has 1 heteroatoms. The molecule has 1 saturated carbocycles. The van der Waals surface area contributed by atoms with Gasteiger partial charge in [-0.05, 0) is 68.8 Å². The number of hydrogen-bond acceptors (Lipinski definition) is 1. The van der Waals surface area contributed by atoms with E-state index in [9.17, 15) is 0 Å². The Morgan fingerprint density at radius 1 is 1.07 bits per heavy atom. The first-order valence-electron chi connectivity index (χ1n) is 5.97. The zero-order valence-corrected chi connectivity index (χ0v) is 10.1. The summed E-state index contributed by atoms with van der Waals surface area (Å²) >= 11 is 0. The van der Waals surface area contributed by atoms with Crippen molar-refractivity contribution in [2.75, 3.05) is 6.54 Å². The molecule has 0 radical (unpaired) electrons. The number of hydrogen-bond donors (Lipinski definition) is 1. The summed E-state index contributed by atoms with van der Waals surface area (Å²) in [5, 5.41) is 3.57. The predicted molar refractivity (Wildman–Crippen MR) is 65.4 cm³/mol. The second kappa shape index (κ2) is 4.36. The molecule has 1 aromatic carbocycles. The molecular formula is C14H21N. The topological polar surface area (TPSA) is 12.0 Å². The molecule has 0 bridgehead atoms. The van der Waals surface area contributed by atoms with E-state index in [1.807, 2.05) is 0 Å². The highest BCUT2D eigenvalue weighted by Gasteiger charge is 2.19. The van der Waals surface area contributed by atoms with E-state index >= 15 is 0 Å². The fourth-order valence-electron chi connectivity index (χ4n) is 1.99. The molecule has 0 spiro atoms. The van der Waals surface area contributed by atoms with E-state index in [4.69, 9.17) is 0 Å². The lowest BCUT2D eigenvalue weighted by molar-refractivity contribution is 0.680. The lowest BCUT2D eigenvalue weighted by Gasteiger charge is -2.10. The molecule has 1 fully saturated rings. The fraction of sp³-hybridized carbons (Fsp3) is 0.571. The molecule has 0 amide bonds. The molecular weight excluding hydrogens is 182 g/mol. The van der Waals surface area contributed by atoms with E-state index in [2.05, 4.69) is 38.2 Å². The van der Waals surface area contributed by atoms with Crippen LogP contribution in [0.1, 0.15) is 35.1 Å². The molecule has 1 nitrogen and oxygen atoms in total. The summed E-state index contributed by atoms with van der Waals surface area (Å²) in [7, 11) is 0. The molecule has 82 valence electrons. The van der Waals surface area contributed by atoms with E-state index in [1.54, 1.807) is 0 Å². The zero-order chi connectivity index (χ0) is 10.8. The van der Waals surface area contributed by atoms with Crippen molar-refractivity contribution in [1.29, 1.82) is 0 Å². The maximum atomic E-state index is 3.57. The Bertz CT molecular complexity index is 351. The molecule has 1 aromatic rings. The Kier molecular flexibility index (Phi) is 3.11. The number of benzene rings is 1. The molecule has 1 aliphatic rings. The van der Waals surface area contributed by atoms with Gasteiger partial charge in [-0.2, -0.15) is 0 Å². The van der Waals surface area contributed by atoms with E-state index in [0.717, 1.165) is 12.6 Å². The van der Waals surface area contributed by atoms with Crippen LogP contribution in [-0.2, 0) is 6.42 Å². The van der Waals surface area contributed by atoms with Gasteiger partial charge >= 0.3 is 0 Å². The average Bonchev–Trinajstić information content (AvgIpc) is 2.97. The highest BCUT2D eigenvalue weighted by atomic mass is 14.9. The fourth-order valence-corrected chi connectivity index (χ4v) is 1.99. The van der Waals surface area contributed by atoms with Gasteiger partial charge in [-0.3, -0.25) is 0 Å². The Balaban J connectivity index is 1.96. The second-order valence-corrected chi connectivity index (χ2v) is 4.84. The first kappa shape index (κ1) is 10.7. The Labute approximate surface area is 92.9 Å². The normalized spacial score (nSPS) is 15.7. The molecule has 0 atom stereocenters. The van der Waals surface area contributed by atoms with Crippen LogP contribution < -0.4 is 5.32 Å². The zero-order valence-electron chi connectivity index (χ0n) is 10.1. The van der Waals surface area contributed by atoms with E-state index < -0.39 is 0 Å². The van der Waals surface area contributed by atoms with E-state index in [0.29, 0.717) is 0 Å². The molecule has 0 unspecified atom stereocenters. The molecule has 0 aromatic heterocycles. The summed E-state index contributed by atoms with van der Waals surface area (Å²) in [5.41, 5.74) is 5.77. The van der Waals surface area contributed by atoms with Gasteiger partial charge in [0, 0.05) is 6.04 Å². The van der Waals surface area contributed by atoms with Crippen LogP contribution in [0.25, 0.3) is 0 Å². The molecule has 1 aliphatic carbocycles. The van der Waals surface area contributed by atoms with Crippen molar-refractivity contribution in [2.45, 2.75) is 46.1 Å². The molecule has 15 heavy (non-hydrogen) atoms. The third-order valence-electron chi connectivity index (χ3n) is 3.36. The molecule has 1 N–H and O–H groups in total. The summed E-state index contributed by atoms with van der Waals surface area (Å²) in [4.78, 5) is 0. The van der Waals surface area contributed by atoms with Crippen LogP contribution in [0, 0.1) is 20.8 Å². The third kappa shape index (κ3) is 2.82. The van der Waals surface area contributed by atoms with E-state index in [-0.39, 0.29) is 0 Å². The quantitative estimate of drug-likeness (QED) is 0.793. The summed E-state index contributed by atoms with van der Waals surface area (Å²) in [5.74, 6) is 0. The largest absolute Gasteiger partial charge is 0.314 e. The van der Waals surface area contributed by atoms with Gasteiger partial charge in [-0.15, -0.1) is 0 Å². The minimum absolute atomic E-state index is 0.830. The first-order chi connectivity index (χ1) is 7.16. The van der Waals surface area contributed by atoms with E-state index in [1.165, 1.54) is 41.5 Å². The standard InChI is InChI=1S/C14H21N/c1-10-8-12(3)13(9-11(10)2)6-7-15-14-4-5-14/h8-9,14-15H,4-7H2,1-3H3. The monoisotopic (exact) mass is 203 g/mol. The van der Waals surface area contributed by atoms with Gasteiger partial charge < -0.3 is 5.32 Å². The molecule has 2 rings (SSSR count). The Hall–Kier alpha value is -0.820. The summed E-state index contributed by atoms with van der Waals surface area (Å²) in [6.45, 7) is 7.74. The van der Waals surface area contributed by atoms with Gasteiger partial charge in [0.1, 0.15) is 0 Å². The first-order valence-corrected chi connectivity index (χ1v) is 5.97. The SMILES string of the molecule is Cc1cc(C)c(CCNC2CC2)cc1C. The van der Waals surface area contributed by atoms with Crippen molar-refractivity contribution in [3.05, 3.63) is 34.4 Å². The summed E-state index contributed by atoms with van der Waals surface area (Å²) in [6.07, 6.45) is 3.93. The van der Waals surface area contributed by atoms with Crippen LogP contribution in [-0.4, -0.2) is 12.6 Å². The van der Waals surface area contributed by atoms with Crippen LogP contribution in [0.3, 0.4) is 0 Å². The van der Waals surface area contributed by atoms with Crippen molar-refractivity contribution in [3.8, 4) is 0 Å². The molecule has 0 heterocycles. The lowest BCUT2D eigenvalue weighted by atomic mass is 9.99. The third-order valence-corrected chi connectivity index (χ3v) is 3.36. The van der Waals surface area contributed by atoms with Crippen LogP contribution in [0.15, 0.2) is 12.1 Å². The number of rotatable bonds is 4. The maximum Gasteiger partial charge on any atom is 0.00683 e. The van der Waals surface area contributed by atoms with Crippen LogP contribution in [0.5, 0.6) is 0 Å². The minimum Gasteiger partial charge on any atom is -0.314 e. The second-order valence-electron chi connectivity index (χ2n) is 4.84. The van der Waals surface area contributed by atoms with Crippen LogP contribution >= 0.6 is 0 Å². The smallest absolute Gasteiger partial charge is 0.00683 e. The summed E-state index contributed by atoms with van der Waals surface area (Å²) in [6, 6.07) is 5.48. The highest BCUT2D eigenvalue weighted by Crippen LogP contribution is 2.19. The van der Waals surface area contributed by atoms with Crippen molar-refractivity contribution >= 4 is 0 Å². The molecule has 0 aliphatic heterocycles. The minimum atomic E-state index is 0.830. The molecule has 0 saturated heterocycles. The van der Waals surface area contributed by atoms with Crippen molar-refractivity contribution in [2.24, 2.45) is 0 Å². The van der Waals surface area contributed by atoms with Crippen molar-refractivity contribution in [1.82, 2.24) is 5.32 Å². The van der Waals surface area contributed by atoms with Gasteiger partial charge in [-0.1, -0.05) is 12.1 Å². The maximum absolute atomic E-state index is 3.57. The van der Waals surface area contributed by atoms with Crippen LogP contribution in [0.4, 0.5) is 0 Å². The van der Waals surface area contributed by atoms with Gasteiger partial charge in [-0.25, -0.2) is 0 Å². The highest BCUT2D eigenvalue weighted by molar-refractivity contribution is 5.36. The van der Waals surface area contributed by atoms with Crippen molar-refractivity contribution < 1.29 is 0 Å². The number of nitrogens with one attached hydrogen (secondary N) is 1. The van der Waals surface area contributed by atoms with Gasteiger partial charge in [0.15, 0.2) is 0 Å². The Morgan fingerprint density at radius 2 is 1.73 bits per heavy atom. The van der Waals surface area contributed by atoms with Gasteiger partial charge in [0.25, 0.3) is 0 Å². The summed E-state index contributed by atoms with van der Waals surface area (Å²) < 4.78 is 0. The lowest BCUT2D eigenvalue weighted by Crippen LogP contribution is -2.19. The van der Waals surface area contributed by atoms with Crippen molar-refractivity contribution in [3.63, 3.8) is 0 Å². The van der Waals surface area contributed by atoms with Gasteiger partial charge in [0.05, 0.1) is 0 Å².